The summed E-state index contributed by atoms with van der Waals surface area (Å²) in [5, 5.41) is 11.9. The molecule has 0 atom stereocenters. The fourth-order valence-electron chi connectivity index (χ4n) is 2.83. The number of ether oxygens (including phenoxy) is 2. The largest absolute Gasteiger partial charge is 0.493 e. The summed E-state index contributed by atoms with van der Waals surface area (Å²) in [4.78, 5) is 13.5. The molecular weight excluding hydrogens is 384 g/mol. The average Bonchev–Trinajstić information content (AvgIpc) is 2.71. The monoisotopic (exact) mass is 404 g/mol. The Kier molecular flexibility index (Phi) is 6.10. The number of thiol groups is 1. The molecule has 0 aliphatic carbocycles. The summed E-state index contributed by atoms with van der Waals surface area (Å²) in [6.07, 6.45) is 0. The van der Waals surface area contributed by atoms with Crippen molar-refractivity contribution in [3.8, 4) is 23.3 Å². The summed E-state index contributed by atoms with van der Waals surface area (Å²) in [7, 11) is 1.52. The van der Waals surface area contributed by atoms with Gasteiger partial charge in [-0.3, -0.25) is 4.79 Å². The maximum Gasteiger partial charge on any atom is 0.255 e. The molecule has 0 aliphatic heterocycles. The van der Waals surface area contributed by atoms with Gasteiger partial charge in [0.25, 0.3) is 5.91 Å². The van der Waals surface area contributed by atoms with Crippen molar-refractivity contribution in [2.24, 2.45) is 0 Å². The van der Waals surface area contributed by atoms with E-state index in [2.05, 4.69) is 24.0 Å². The highest BCUT2D eigenvalue weighted by Gasteiger charge is 2.14. The number of carbonyl (C=O) groups is 1. The molecular formula is C23H20N2O3S. The van der Waals surface area contributed by atoms with Crippen LogP contribution in [0.4, 0.5) is 5.69 Å². The van der Waals surface area contributed by atoms with E-state index >= 15 is 0 Å². The zero-order chi connectivity index (χ0) is 21.0. The molecule has 6 heteroatoms. The first-order valence-corrected chi connectivity index (χ1v) is 9.33. The number of nitrogens with zero attached hydrogens (tertiary/aromatic N) is 1. The van der Waals surface area contributed by atoms with Crippen LogP contribution in [0.15, 0.2) is 59.5 Å². The topological polar surface area (TPSA) is 71.3 Å². The molecule has 0 spiro atoms. The van der Waals surface area contributed by atoms with Crippen molar-refractivity contribution in [1.82, 2.24) is 0 Å². The second kappa shape index (κ2) is 8.72. The smallest absolute Gasteiger partial charge is 0.255 e. The predicted molar refractivity (Wildman–Crippen MR) is 115 cm³/mol. The molecule has 5 nitrogen and oxygen atoms in total. The Bertz CT molecular complexity index is 1120. The first kappa shape index (κ1) is 20.3. The van der Waals surface area contributed by atoms with Crippen LogP contribution < -0.4 is 14.8 Å². The molecule has 3 aromatic carbocycles. The summed E-state index contributed by atoms with van der Waals surface area (Å²) < 4.78 is 11.4. The third-order valence-electron chi connectivity index (χ3n) is 4.41. The summed E-state index contributed by atoms with van der Waals surface area (Å²) in [5.74, 6) is 1.28. The Morgan fingerprint density at radius 1 is 0.966 bits per heavy atom. The van der Waals surface area contributed by atoms with Crippen LogP contribution in [0.25, 0.3) is 0 Å². The number of hydrogen-bond acceptors (Lipinski definition) is 5. The maximum atomic E-state index is 12.7. The lowest BCUT2D eigenvalue weighted by Crippen LogP contribution is -2.13. The van der Waals surface area contributed by atoms with Crippen molar-refractivity contribution >= 4 is 24.2 Å². The summed E-state index contributed by atoms with van der Waals surface area (Å²) in [5.41, 5.74) is 3.49. The molecule has 0 fully saturated rings. The minimum Gasteiger partial charge on any atom is -0.493 e. The van der Waals surface area contributed by atoms with E-state index in [1.807, 2.05) is 32.0 Å². The third kappa shape index (κ3) is 4.71. The molecule has 0 saturated carbocycles. The van der Waals surface area contributed by atoms with Gasteiger partial charge in [-0.1, -0.05) is 0 Å². The van der Waals surface area contributed by atoms with E-state index in [-0.39, 0.29) is 5.91 Å². The van der Waals surface area contributed by atoms with Gasteiger partial charge in [-0.25, -0.2) is 0 Å². The number of nitrogens with one attached hydrogen (secondary N) is 1. The highest BCUT2D eigenvalue weighted by molar-refractivity contribution is 7.80. The average molecular weight is 404 g/mol. The summed E-state index contributed by atoms with van der Waals surface area (Å²) >= 11 is 4.30. The van der Waals surface area contributed by atoms with Crippen LogP contribution in [-0.2, 0) is 0 Å². The minimum absolute atomic E-state index is 0.251. The molecule has 1 N–H and O–H groups in total. The minimum atomic E-state index is -0.251. The maximum absolute atomic E-state index is 12.7. The van der Waals surface area contributed by atoms with Crippen molar-refractivity contribution in [2.45, 2.75) is 18.7 Å². The molecule has 1 amide bonds. The van der Waals surface area contributed by atoms with Gasteiger partial charge in [-0.05, 0) is 79.6 Å². The van der Waals surface area contributed by atoms with Crippen molar-refractivity contribution < 1.29 is 14.3 Å². The molecule has 0 saturated heterocycles. The van der Waals surface area contributed by atoms with Gasteiger partial charge >= 0.3 is 0 Å². The number of nitriles is 1. The highest BCUT2D eigenvalue weighted by atomic mass is 32.1. The standard InChI is InChI=1S/C23H20N2O3S/c1-14-11-18(29)6-7-19(14)25-23(26)17-5-9-21(22(12-17)27-3)28-20-8-4-16(13-24)10-15(20)2/h4-12,29H,1-3H3,(H,25,26). The zero-order valence-corrected chi connectivity index (χ0v) is 17.2. The fraction of sp³-hybridized carbons (Fsp3) is 0.130. The van der Waals surface area contributed by atoms with E-state index in [9.17, 15) is 4.79 Å². The molecule has 0 heterocycles. The van der Waals surface area contributed by atoms with Gasteiger partial charge in [0.2, 0.25) is 0 Å². The molecule has 29 heavy (non-hydrogen) atoms. The van der Waals surface area contributed by atoms with Gasteiger partial charge < -0.3 is 14.8 Å². The number of benzene rings is 3. The van der Waals surface area contributed by atoms with E-state index in [1.54, 1.807) is 36.4 Å². The van der Waals surface area contributed by atoms with Crippen molar-refractivity contribution in [2.75, 3.05) is 12.4 Å². The fourth-order valence-corrected chi connectivity index (χ4v) is 3.10. The Morgan fingerprint density at radius 2 is 1.72 bits per heavy atom. The van der Waals surface area contributed by atoms with Crippen LogP contribution >= 0.6 is 12.6 Å². The van der Waals surface area contributed by atoms with Crippen LogP contribution in [0.1, 0.15) is 27.0 Å². The third-order valence-corrected chi connectivity index (χ3v) is 4.69. The van der Waals surface area contributed by atoms with Gasteiger partial charge in [-0.15, -0.1) is 12.6 Å². The first-order chi connectivity index (χ1) is 13.9. The number of carbonyl (C=O) groups excluding carboxylic acids is 1. The van der Waals surface area contributed by atoms with Gasteiger partial charge in [0.1, 0.15) is 5.75 Å². The van der Waals surface area contributed by atoms with Crippen LogP contribution in [0.2, 0.25) is 0 Å². The number of amides is 1. The number of rotatable bonds is 5. The number of hydrogen-bond donors (Lipinski definition) is 2. The Balaban J connectivity index is 1.83. The Labute approximate surface area is 175 Å². The van der Waals surface area contributed by atoms with E-state index in [4.69, 9.17) is 14.7 Å². The molecule has 0 radical (unpaired) electrons. The summed E-state index contributed by atoms with van der Waals surface area (Å²) in [6.45, 7) is 3.77. The lowest BCUT2D eigenvalue weighted by Gasteiger charge is -2.14. The first-order valence-electron chi connectivity index (χ1n) is 8.89. The van der Waals surface area contributed by atoms with Crippen molar-refractivity contribution in [3.05, 3.63) is 76.9 Å². The van der Waals surface area contributed by atoms with Crippen molar-refractivity contribution in [3.63, 3.8) is 0 Å². The number of aryl methyl sites for hydroxylation is 2. The molecule has 0 unspecified atom stereocenters. The highest BCUT2D eigenvalue weighted by Crippen LogP contribution is 2.34. The van der Waals surface area contributed by atoms with Crippen molar-refractivity contribution in [1.29, 1.82) is 5.26 Å². The lowest BCUT2D eigenvalue weighted by molar-refractivity contribution is 0.102. The second-order valence-electron chi connectivity index (χ2n) is 6.51. The van der Waals surface area contributed by atoms with E-state index < -0.39 is 0 Å². The Morgan fingerprint density at radius 3 is 2.38 bits per heavy atom. The van der Waals surface area contributed by atoms with Gasteiger partial charge in [0.05, 0.1) is 18.7 Å². The molecule has 0 bridgehead atoms. The molecule has 0 aromatic heterocycles. The summed E-state index contributed by atoms with van der Waals surface area (Å²) in [6, 6.07) is 17.8. The SMILES string of the molecule is COc1cc(C(=O)Nc2ccc(S)cc2C)ccc1Oc1ccc(C#N)cc1C. The number of anilines is 1. The van der Waals surface area contributed by atoms with E-state index in [0.29, 0.717) is 28.4 Å². The van der Waals surface area contributed by atoms with Crippen LogP contribution in [0.3, 0.4) is 0 Å². The van der Waals surface area contributed by atoms with Gasteiger partial charge in [-0.2, -0.15) is 5.26 Å². The van der Waals surface area contributed by atoms with Crippen LogP contribution in [0.5, 0.6) is 17.2 Å². The quantitative estimate of drug-likeness (QED) is 0.550. The van der Waals surface area contributed by atoms with Gasteiger partial charge in [0, 0.05) is 16.1 Å². The Hall–Kier alpha value is -3.43. The number of methoxy groups -OCH3 is 1. The molecule has 3 rings (SSSR count). The van der Waals surface area contributed by atoms with E-state index in [1.165, 1.54) is 7.11 Å². The zero-order valence-electron chi connectivity index (χ0n) is 16.3. The second-order valence-corrected chi connectivity index (χ2v) is 7.03. The predicted octanol–water partition coefficient (Wildman–Crippen LogP) is 5.52. The normalized spacial score (nSPS) is 10.2. The van der Waals surface area contributed by atoms with Crippen LogP contribution in [0, 0.1) is 25.2 Å². The molecule has 146 valence electrons. The molecule has 3 aromatic rings. The lowest BCUT2D eigenvalue weighted by atomic mass is 10.1. The van der Waals surface area contributed by atoms with E-state index in [0.717, 1.165) is 21.7 Å². The van der Waals surface area contributed by atoms with Crippen LogP contribution in [-0.4, -0.2) is 13.0 Å². The molecule has 0 aliphatic rings. The van der Waals surface area contributed by atoms with Gasteiger partial charge in [0.15, 0.2) is 11.5 Å².